The van der Waals surface area contributed by atoms with E-state index in [2.05, 4.69) is 5.32 Å². The van der Waals surface area contributed by atoms with Crippen LogP contribution in [0.15, 0.2) is 0 Å². The molecule has 6 heteroatoms. The van der Waals surface area contributed by atoms with Gasteiger partial charge in [0.25, 0.3) is 0 Å². The molecule has 0 fully saturated rings. The maximum Gasteiger partial charge on any atom is 0.327 e. The maximum absolute atomic E-state index is 10.5. The molecule has 0 aliphatic heterocycles. The van der Waals surface area contributed by atoms with Gasteiger partial charge in [-0.3, -0.25) is 4.79 Å². The number of carboxylic acid groups (broad SMARTS) is 1. The molecular weight excluding hydrogens is 198 g/mol. The Bertz CT molecular complexity index is 174. The van der Waals surface area contributed by atoms with Crippen LogP contribution in [-0.4, -0.2) is 35.0 Å². The van der Waals surface area contributed by atoms with Gasteiger partial charge in [0.05, 0.1) is 0 Å². The van der Waals surface area contributed by atoms with Gasteiger partial charge in [-0.05, 0) is 6.26 Å². The minimum absolute atomic E-state index is 0.316. The summed E-state index contributed by atoms with van der Waals surface area (Å²) in [7, 11) is 2.88. The summed E-state index contributed by atoms with van der Waals surface area (Å²) in [6, 6.07) is -0.778. The van der Waals surface area contributed by atoms with Crippen molar-refractivity contribution in [2.75, 3.05) is 12.0 Å². The van der Waals surface area contributed by atoms with Crippen LogP contribution in [-0.2, 0) is 9.59 Å². The summed E-state index contributed by atoms with van der Waals surface area (Å²) in [6.45, 7) is 1.31. The Morgan fingerprint density at radius 1 is 1.58 bits per heavy atom. The Morgan fingerprint density at radius 2 is 2.17 bits per heavy atom. The third-order valence-electron chi connectivity index (χ3n) is 1.03. The lowest BCUT2D eigenvalue weighted by Gasteiger charge is -2.10. The van der Waals surface area contributed by atoms with Crippen molar-refractivity contribution in [3.05, 3.63) is 0 Å². The van der Waals surface area contributed by atoms with Crippen molar-refractivity contribution < 1.29 is 14.7 Å². The van der Waals surface area contributed by atoms with Crippen molar-refractivity contribution in [2.45, 2.75) is 13.0 Å². The van der Waals surface area contributed by atoms with Crippen LogP contribution in [0.1, 0.15) is 6.92 Å². The van der Waals surface area contributed by atoms with Gasteiger partial charge in [-0.15, -0.1) is 0 Å². The van der Waals surface area contributed by atoms with Gasteiger partial charge in [0.2, 0.25) is 5.91 Å². The third kappa shape index (κ3) is 5.31. The van der Waals surface area contributed by atoms with E-state index in [9.17, 15) is 9.59 Å². The van der Waals surface area contributed by atoms with Crippen LogP contribution in [0.2, 0.25) is 0 Å². The topological polar surface area (TPSA) is 66.4 Å². The zero-order valence-corrected chi connectivity index (χ0v) is 8.50. The first-order valence-electron chi connectivity index (χ1n) is 3.23. The highest BCUT2D eigenvalue weighted by molar-refractivity contribution is 8.76. The van der Waals surface area contributed by atoms with Gasteiger partial charge in [-0.2, -0.15) is 0 Å². The zero-order chi connectivity index (χ0) is 9.56. The van der Waals surface area contributed by atoms with Crippen LogP contribution in [0.3, 0.4) is 0 Å². The summed E-state index contributed by atoms with van der Waals surface area (Å²) < 4.78 is 0. The molecule has 0 rings (SSSR count). The number of hydrogen-bond donors (Lipinski definition) is 2. The minimum Gasteiger partial charge on any atom is -0.480 e. The van der Waals surface area contributed by atoms with E-state index in [1.165, 1.54) is 28.5 Å². The van der Waals surface area contributed by atoms with E-state index < -0.39 is 12.0 Å². The molecule has 12 heavy (non-hydrogen) atoms. The number of aliphatic carboxylic acids is 1. The third-order valence-corrected chi connectivity index (χ3v) is 2.85. The number of carbonyl (C=O) groups is 2. The highest BCUT2D eigenvalue weighted by atomic mass is 33.1. The predicted octanol–water partition coefficient (Wildman–Crippen LogP) is 0.587. The molecule has 0 aliphatic rings. The SMILES string of the molecule is CSSC[C@H](NC(C)=O)C(=O)O. The van der Waals surface area contributed by atoms with Gasteiger partial charge in [0, 0.05) is 12.7 Å². The van der Waals surface area contributed by atoms with Crippen molar-refractivity contribution in [1.29, 1.82) is 0 Å². The summed E-state index contributed by atoms with van der Waals surface area (Å²) in [5.74, 6) is -0.924. The Balaban J connectivity index is 3.87. The summed E-state index contributed by atoms with van der Waals surface area (Å²) in [5, 5.41) is 11.0. The van der Waals surface area contributed by atoms with Gasteiger partial charge in [-0.25, -0.2) is 4.79 Å². The number of rotatable bonds is 5. The lowest BCUT2D eigenvalue weighted by atomic mass is 10.3. The summed E-state index contributed by atoms with van der Waals surface area (Å²) in [4.78, 5) is 21.0. The van der Waals surface area contributed by atoms with Crippen molar-refractivity contribution in [1.82, 2.24) is 5.32 Å². The molecule has 0 radical (unpaired) electrons. The normalized spacial score (nSPS) is 12.2. The van der Waals surface area contributed by atoms with E-state index in [1.54, 1.807) is 0 Å². The molecule has 0 spiro atoms. The van der Waals surface area contributed by atoms with Gasteiger partial charge >= 0.3 is 5.97 Å². The zero-order valence-electron chi connectivity index (χ0n) is 6.86. The van der Waals surface area contributed by atoms with E-state index in [0.29, 0.717) is 5.75 Å². The van der Waals surface area contributed by atoms with Crippen molar-refractivity contribution >= 4 is 33.5 Å². The number of hydrogen-bond acceptors (Lipinski definition) is 4. The predicted molar refractivity (Wildman–Crippen MR) is 51.2 cm³/mol. The second kappa shape index (κ2) is 6.19. The number of nitrogens with one attached hydrogen (secondary N) is 1. The van der Waals surface area contributed by atoms with Crippen molar-refractivity contribution in [3.63, 3.8) is 0 Å². The quantitative estimate of drug-likeness (QED) is 0.649. The second-order valence-electron chi connectivity index (χ2n) is 2.04. The molecule has 0 bridgehead atoms. The van der Waals surface area contributed by atoms with Crippen LogP contribution < -0.4 is 5.32 Å². The first-order chi connectivity index (χ1) is 5.57. The van der Waals surface area contributed by atoms with E-state index in [1.807, 2.05) is 6.26 Å². The fraction of sp³-hybridized carbons (Fsp3) is 0.667. The van der Waals surface area contributed by atoms with E-state index in [-0.39, 0.29) is 5.91 Å². The van der Waals surface area contributed by atoms with Crippen LogP contribution in [0, 0.1) is 0 Å². The monoisotopic (exact) mass is 209 g/mol. The highest BCUT2D eigenvalue weighted by Gasteiger charge is 2.17. The largest absolute Gasteiger partial charge is 0.480 e. The molecule has 2 N–H and O–H groups in total. The maximum atomic E-state index is 10.5. The summed E-state index contributed by atoms with van der Waals surface area (Å²) >= 11 is 0. The van der Waals surface area contributed by atoms with Gasteiger partial charge in [0.15, 0.2) is 0 Å². The smallest absolute Gasteiger partial charge is 0.327 e. The standard InChI is InChI=1S/C6H11NO3S2/c1-4(8)7-5(6(9)10)3-12-11-2/h5H,3H2,1-2H3,(H,7,8)(H,9,10)/t5-/m0/s1. The molecule has 1 atom stereocenters. The molecule has 0 aromatic rings. The van der Waals surface area contributed by atoms with Crippen LogP contribution in [0.5, 0.6) is 0 Å². The van der Waals surface area contributed by atoms with Gasteiger partial charge < -0.3 is 10.4 Å². The molecule has 0 aromatic carbocycles. The number of carboxylic acids is 1. The lowest BCUT2D eigenvalue weighted by molar-refractivity contribution is -0.140. The Hall–Kier alpha value is -0.360. The van der Waals surface area contributed by atoms with Crippen LogP contribution in [0.4, 0.5) is 0 Å². The fourth-order valence-electron chi connectivity index (χ4n) is 0.556. The molecule has 0 unspecified atom stereocenters. The minimum atomic E-state index is -0.994. The first kappa shape index (κ1) is 11.6. The average molecular weight is 209 g/mol. The van der Waals surface area contributed by atoms with E-state index in [0.717, 1.165) is 0 Å². The fourth-order valence-corrected chi connectivity index (χ4v) is 1.87. The molecule has 0 aromatic heterocycles. The average Bonchev–Trinajstić information content (AvgIpc) is 1.96. The first-order valence-corrected chi connectivity index (χ1v) is 5.96. The number of amides is 1. The molecule has 70 valence electrons. The van der Waals surface area contributed by atoms with Crippen molar-refractivity contribution in [2.24, 2.45) is 0 Å². The Kier molecular flexibility index (Phi) is 6.00. The molecule has 0 saturated heterocycles. The van der Waals surface area contributed by atoms with Crippen molar-refractivity contribution in [3.8, 4) is 0 Å². The molecule has 0 saturated carbocycles. The van der Waals surface area contributed by atoms with Crippen LogP contribution >= 0.6 is 21.6 Å². The van der Waals surface area contributed by atoms with Gasteiger partial charge in [0.1, 0.15) is 6.04 Å². The van der Waals surface area contributed by atoms with Crippen LogP contribution in [0.25, 0.3) is 0 Å². The molecular formula is C6H11NO3S2. The van der Waals surface area contributed by atoms with Gasteiger partial charge in [-0.1, -0.05) is 21.6 Å². The van der Waals surface area contributed by atoms with E-state index >= 15 is 0 Å². The highest BCUT2D eigenvalue weighted by Crippen LogP contribution is 2.17. The number of carbonyl (C=O) groups excluding carboxylic acids is 1. The molecule has 0 aliphatic carbocycles. The Morgan fingerprint density at radius 3 is 2.50 bits per heavy atom. The second-order valence-corrected chi connectivity index (χ2v) is 4.65. The summed E-state index contributed by atoms with van der Waals surface area (Å²) in [6.07, 6.45) is 1.86. The summed E-state index contributed by atoms with van der Waals surface area (Å²) in [5.41, 5.74) is 0. The Labute approximate surface area is 78.9 Å². The molecule has 4 nitrogen and oxygen atoms in total. The molecule has 1 amide bonds. The molecule has 0 heterocycles. The van der Waals surface area contributed by atoms with E-state index in [4.69, 9.17) is 5.11 Å². The lowest BCUT2D eigenvalue weighted by Crippen LogP contribution is -2.41.